The van der Waals surface area contributed by atoms with Crippen LogP contribution in [0.3, 0.4) is 0 Å². The number of benzene rings is 1. The fourth-order valence-electron chi connectivity index (χ4n) is 1.62. The SMILES string of the molecule is CCCCC=CC(S)c1ccccc1OC(C)=O. The highest BCUT2D eigenvalue weighted by molar-refractivity contribution is 7.80. The number of thiol groups is 1. The third-order valence-electron chi connectivity index (χ3n) is 2.53. The Morgan fingerprint density at radius 1 is 1.44 bits per heavy atom. The van der Waals surface area contributed by atoms with Gasteiger partial charge in [-0.2, -0.15) is 12.6 Å². The fourth-order valence-corrected chi connectivity index (χ4v) is 1.96. The Kier molecular flexibility index (Phi) is 6.58. The first kappa shape index (κ1) is 14.8. The van der Waals surface area contributed by atoms with Crippen LogP contribution in [0.25, 0.3) is 0 Å². The summed E-state index contributed by atoms with van der Waals surface area (Å²) in [7, 11) is 0. The minimum atomic E-state index is -0.307. The van der Waals surface area contributed by atoms with Crippen molar-refractivity contribution < 1.29 is 9.53 Å². The summed E-state index contributed by atoms with van der Waals surface area (Å²) in [6, 6.07) is 7.49. The van der Waals surface area contributed by atoms with Gasteiger partial charge in [0.1, 0.15) is 5.75 Å². The van der Waals surface area contributed by atoms with E-state index in [4.69, 9.17) is 4.74 Å². The average Bonchev–Trinajstić information content (AvgIpc) is 2.34. The van der Waals surface area contributed by atoms with Crippen LogP contribution in [0.4, 0.5) is 0 Å². The Labute approximate surface area is 114 Å². The van der Waals surface area contributed by atoms with Crippen LogP contribution >= 0.6 is 12.6 Å². The van der Waals surface area contributed by atoms with E-state index in [0.717, 1.165) is 12.0 Å². The zero-order chi connectivity index (χ0) is 13.4. The van der Waals surface area contributed by atoms with Crippen molar-refractivity contribution in [2.45, 2.75) is 38.4 Å². The van der Waals surface area contributed by atoms with Crippen LogP contribution in [-0.2, 0) is 4.79 Å². The van der Waals surface area contributed by atoms with E-state index < -0.39 is 0 Å². The molecule has 18 heavy (non-hydrogen) atoms. The van der Waals surface area contributed by atoms with Crippen LogP contribution in [0.5, 0.6) is 5.75 Å². The molecule has 0 saturated heterocycles. The molecule has 1 aromatic rings. The van der Waals surface area contributed by atoms with Crippen LogP contribution < -0.4 is 4.74 Å². The Morgan fingerprint density at radius 3 is 2.83 bits per heavy atom. The molecule has 98 valence electrons. The maximum Gasteiger partial charge on any atom is 0.308 e. The smallest absolute Gasteiger partial charge is 0.308 e. The van der Waals surface area contributed by atoms with Crippen molar-refractivity contribution >= 4 is 18.6 Å². The highest BCUT2D eigenvalue weighted by Gasteiger charge is 2.10. The molecule has 0 amide bonds. The molecule has 0 fully saturated rings. The number of hydrogen-bond donors (Lipinski definition) is 1. The first-order chi connectivity index (χ1) is 8.65. The van der Waals surface area contributed by atoms with E-state index in [1.807, 2.05) is 24.3 Å². The lowest BCUT2D eigenvalue weighted by molar-refractivity contribution is -0.131. The van der Waals surface area contributed by atoms with Crippen molar-refractivity contribution in [2.75, 3.05) is 0 Å². The van der Waals surface area contributed by atoms with Crippen molar-refractivity contribution in [3.63, 3.8) is 0 Å². The van der Waals surface area contributed by atoms with E-state index in [0.29, 0.717) is 5.75 Å². The summed E-state index contributed by atoms with van der Waals surface area (Å²) >= 11 is 4.54. The van der Waals surface area contributed by atoms with Crippen molar-refractivity contribution in [3.8, 4) is 5.75 Å². The molecular formula is C15H20O2S. The van der Waals surface area contributed by atoms with Gasteiger partial charge in [-0.05, 0) is 12.5 Å². The third-order valence-corrected chi connectivity index (χ3v) is 2.98. The van der Waals surface area contributed by atoms with Gasteiger partial charge in [-0.3, -0.25) is 4.79 Å². The number of carbonyl (C=O) groups is 1. The second kappa shape index (κ2) is 7.98. The summed E-state index contributed by atoms with van der Waals surface area (Å²) in [6.07, 6.45) is 7.60. The number of esters is 1. The normalized spacial score (nSPS) is 12.6. The number of para-hydroxylation sites is 1. The van der Waals surface area contributed by atoms with Gasteiger partial charge >= 0.3 is 5.97 Å². The van der Waals surface area contributed by atoms with E-state index in [1.54, 1.807) is 6.07 Å². The molecule has 0 aromatic heterocycles. The molecule has 1 atom stereocenters. The van der Waals surface area contributed by atoms with E-state index >= 15 is 0 Å². The van der Waals surface area contributed by atoms with Crippen molar-refractivity contribution in [3.05, 3.63) is 42.0 Å². The number of rotatable bonds is 6. The zero-order valence-corrected chi connectivity index (χ0v) is 11.8. The lowest BCUT2D eigenvalue weighted by atomic mass is 10.1. The molecule has 3 heteroatoms. The topological polar surface area (TPSA) is 26.3 Å². The van der Waals surface area contributed by atoms with Gasteiger partial charge in [0.15, 0.2) is 0 Å². The standard InChI is InChI=1S/C15H20O2S/c1-3-4-5-6-11-15(18)13-9-7-8-10-14(13)17-12(2)16/h6-11,15,18H,3-5H2,1-2H3. The summed E-state index contributed by atoms with van der Waals surface area (Å²) in [5.74, 6) is 0.281. The molecule has 0 aliphatic carbocycles. The first-order valence-electron chi connectivity index (χ1n) is 6.27. The molecule has 1 aromatic carbocycles. The van der Waals surface area contributed by atoms with Crippen LogP contribution in [0.15, 0.2) is 36.4 Å². The van der Waals surface area contributed by atoms with E-state index in [1.165, 1.54) is 19.8 Å². The van der Waals surface area contributed by atoms with Crippen molar-refractivity contribution in [2.24, 2.45) is 0 Å². The highest BCUT2D eigenvalue weighted by Crippen LogP contribution is 2.30. The summed E-state index contributed by atoms with van der Waals surface area (Å²) in [5.41, 5.74) is 0.920. The zero-order valence-electron chi connectivity index (χ0n) is 10.9. The highest BCUT2D eigenvalue weighted by atomic mass is 32.1. The molecule has 1 unspecified atom stereocenters. The molecule has 0 radical (unpaired) electrons. The van der Waals surface area contributed by atoms with Crippen molar-refractivity contribution in [1.29, 1.82) is 0 Å². The lowest BCUT2D eigenvalue weighted by Crippen LogP contribution is -2.04. The lowest BCUT2D eigenvalue weighted by Gasteiger charge is -2.11. The molecule has 0 bridgehead atoms. The fraction of sp³-hybridized carbons (Fsp3) is 0.400. The third kappa shape index (κ3) is 4.96. The minimum Gasteiger partial charge on any atom is -0.426 e. The van der Waals surface area contributed by atoms with E-state index in [-0.39, 0.29) is 11.2 Å². The van der Waals surface area contributed by atoms with Gasteiger partial charge in [-0.15, -0.1) is 0 Å². The molecular weight excluding hydrogens is 244 g/mol. The largest absolute Gasteiger partial charge is 0.426 e. The minimum absolute atomic E-state index is 0.0441. The number of hydrogen-bond acceptors (Lipinski definition) is 3. The number of carbonyl (C=O) groups excluding carboxylic acids is 1. The Hall–Kier alpha value is -1.22. The van der Waals surface area contributed by atoms with E-state index in [2.05, 4.69) is 25.6 Å². The molecule has 1 rings (SSSR count). The molecule has 0 aliphatic heterocycles. The van der Waals surface area contributed by atoms with Gasteiger partial charge in [0, 0.05) is 17.7 Å². The van der Waals surface area contributed by atoms with Gasteiger partial charge in [0.05, 0.1) is 0 Å². The predicted octanol–water partition coefficient (Wildman–Crippen LogP) is 4.33. The quantitative estimate of drug-likeness (QED) is 0.272. The molecule has 0 spiro atoms. The van der Waals surface area contributed by atoms with Crippen LogP contribution in [0.1, 0.15) is 43.9 Å². The second-order valence-electron chi connectivity index (χ2n) is 4.15. The average molecular weight is 264 g/mol. The first-order valence-corrected chi connectivity index (χ1v) is 6.79. The van der Waals surface area contributed by atoms with Crippen molar-refractivity contribution in [1.82, 2.24) is 0 Å². The van der Waals surface area contributed by atoms with Gasteiger partial charge in [-0.1, -0.05) is 50.1 Å². The molecule has 0 heterocycles. The van der Waals surface area contributed by atoms with E-state index in [9.17, 15) is 4.79 Å². The summed E-state index contributed by atoms with van der Waals surface area (Å²) in [6.45, 7) is 3.57. The number of unbranched alkanes of at least 4 members (excludes halogenated alkanes) is 2. The number of allylic oxidation sites excluding steroid dienone is 1. The van der Waals surface area contributed by atoms with Crippen LogP contribution in [0.2, 0.25) is 0 Å². The van der Waals surface area contributed by atoms with Crippen LogP contribution in [0, 0.1) is 0 Å². The maximum atomic E-state index is 11.0. The van der Waals surface area contributed by atoms with Gasteiger partial charge < -0.3 is 4.74 Å². The molecule has 0 N–H and O–H groups in total. The maximum absolute atomic E-state index is 11.0. The van der Waals surface area contributed by atoms with Gasteiger partial charge in [0.2, 0.25) is 0 Å². The van der Waals surface area contributed by atoms with Gasteiger partial charge in [-0.25, -0.2) is 0 Å². The summed E-state index contributed by atoms with van der Waals surface area (Å²) < 4.78 is 5.17. The number of ether oxygens (including phenoxy) is 1. The Balaban J connectivity index is 2.74. The Bertz CT molecular complexity index is 413. The molecule has 0 saturated carbocycles. The Morgan fingerprint density at radius 2 is 2.17 bits per heavy atom. The summed E-state index contributed by atoms with van der Waals surface area (Å²) in [5, 5.41) is -0.0441. The van der Waals surface area contributed by atoms with Gasteiger partial charge in [0.25, 0.3) is 0 Å². The summed E-state index contributed by atoms with van der Waals surface area (Å²) in [4.78, 5) is 11.0. The predicted molar refractivity (Wildman–Crippen MR) is 78.1 cm³/mol. The second-order valence-corrected chi connectivity index (χ2v) is 4.70. The monoisotopic (exact) mass is 264 g/mol. The van der Waals surface area contributed by atoms with Crippen LogP contribution in [-0.4, -0.2) is 5.97 Å². The molecule has 0 aliphatic rings. The molecule has 2 nitrogen and oxygen atoms in total.